The van der Waals surface area contributed by atoms with Gasteiger partial charge in [0.05, 0.1) is 4.90 Å². The van der Waals surface area contributed by atoms with Crippen molar-refractivity contribution in [3.63, 3.8) is 0 Å². The number of piperidine rings is 1. The summed E-state index contributed by atoms with van der Waals surface area (Å²) in [4.78, 5) is 27.6. The van der Waals surface area contributed by atoms with Crippen molar-refractivity contribution in [2.24, 2.45) is 11.8 Å². The first-order chi connectivity index (χ1) is 14.2. The number of nitrogens with one attached hydrogen (secondary N) is 1. The van der Waals surface area contributed by atoms with Crippen LogP contribution in [0.2, 0.25) is 0 Å². The molecule has 2 heterocycles. The quantitative estimate of drug-likeness (QED) is 0.742. The minimum atomic E-state index is -3.54. The normalized spacial score (nSPS) is 21.2. The van der Waals surface area contributed by atoms with Gasteiger partial charge in [0.25, 0.3) is 0 Å². The number of amides is 2. The molecule has 0 unspecified atom stereocenters. The molecule has 0 aliphatic carbocycles. The average molecular weight is 436 g/mol. The monoisotopic (exact) mass is 435 g/mol. The maximum absolute atomic E-state index is 13.1. The molecule has 0 spiro atoms. The number of benzene rings is 1. The first kappa shape index (κ1) is 22.7. The zero-order chi connectivity index (χ0) is 21.9. The maximum Gasteiger partial charge on any atom is 0.243 e. The zero-order valence-electron chi connectivity index (χ0n) is 18.1. The number of hydrogen-bond acceptors (Lipinski definition) is 4. The first-order valence-electron chi connectivity index (χ1n) is 10.8. The van der Waals surface area contributed by atoms with Gasteiger partial charge in [-0.15, -0.1) is 0 Å². The number of rotatable bonds is 6. The van der Waals surface area contributed by atoms with Crippen molar-refractivity contribution in [3.05, 3.63) is 29.8 Å². The van der Waals surface area contributed by atoms with Crippen molar-refractivity contribution in [2.75, 3.05) is 26.2 Å². The summed E-state index contributed by atoms with van der Waals surface area (Å²) in [6.45, 7) is 7.84. The fraction of sp³-hybridized carbons (Fsp3) is 0.636. The predicted molar refractivity (Wildman–Crippen MR) is 115 cm³/mol. The van der Waals surface area contributed by atoms with Crippen molar-refractivity contribution >= 4 is 21.8 Å². The van der Waals surface area contributed by atoms with Gasteiger partial charge in [-0.05, 0) is 50.7 Å². The third-order valence-corrected chi connectivity index (χ3v) is 7.90. The van der Waals surface area contributed by atoms with Gasteiger partial charge in [-0.2, -0.15) is 4.31 Å². The molecule has 3 rings (SSSR count). The summed E-state index contributed by atoms with van der Waals surface area (Å²) < 4.78 is 27.2. The standard InChI is InChI=1S/C22H33N3O4S/c1-16(2)15-23-21(26)20-5-4-12-25(20)22(27)18-10-13-24(14-11-18)30(28,29)19-8-6-17(3)7-9-19/h6-9,16,18,20H,4-5,10-15H2,1-3H3,(H,23,26)/t20-/m0/s1. The van der Waals surface area contributed by atoms with Crippen LogP contribution in [0, 0.1) is 18.8 Å². The van der Waals surface area contributed by atoms with Crippen molar-refractivity contribution < 1.29 is 18.0 Å². The Morgan fingerprint density at radius 1 is 1.07 bits per heavy atom. The fourth-order valence-corrected chi connectivity index (χ4v) is 5.63. The van der Waals surface area contributed by atoms with E-state index in [0.717, 1.165) is 12.0 Å². The van der Waals surface area contributed by atoms with E-state index in [-0.39, 0.29) is 17.7 Å². The fourth-order valence-electron chi connectivity index (χ4n) is 4.16. The van der Waals surface area contributed by atoms with Gasteiger partial charge in [-0.3, -0.25) is 9.59 Å². The molecular weight excluding hydrogens is 402 g/mol. The molecule has 8 heteroatoms. The van der Waals surface area contributed by atoms with E-state index in [1.807, 2.05) is 20.8 Å². The Morgan fingerprint density at radius 2 is 1.70 bits per heavy atom. The van der Waals surface area contributed by atoms with Crippen LogP contribution in [0.25, 0.3) is 0 Å². The van der Waals surface area contributed by atoms with Crippen LogP contribution in [0.3, 0.4) is 0 Å². The second-order valence-corrected chi connectivity index (χ2v) is 10.8. The summed E-state index contributed by atoms with van der Waals surface area (Å²) in [7, 11) is -3.54. The molecule has 1 N–H and O–H groups in total. The molecule has 2 saturated heterocycles. The van der Waals surface area contributed by atoms with Crippen LogP contribution in [-0.4, -0.2) is 61.7 Å². The van der Waals surface area contributed by atoms with Crippen molar-refractivity contribution in [2.45, 2.75) is 57.4 Å². The smallest absolute Gasteiger partial charge is 0.243 e. The number of nitrogens with zero attached hydrogens (tertiary/aromatic N) is 2. The molecule has 2 fully saturated rings. The Bertz CT molecular complexity index is 859. The number of aryl methyl sites for hydroxylation is 1. The molecule has 2 amide bonds. The minimum Gasteiger partial charge on any atom is -0.354 e. The van der Waals surface area contributed by atoms with Gasteiger partial charge < -0.3 is 10.2 Å². The highest BCUT2D eigenvalue weighted by molar-refractivity contribution is 7.89. The summed E-state index contributed by atoms with van der Waals surface area (Å²) in [6.07, 6.45) is 2.49. The molecule has 2 aliphatic rings. The highest BCUT2D eigenvalue weighted by Gasteiger charge is 2.39. The van der Waals surface area contributed by atoms with Crippen LogP contribution in [0.5, 0.6) is 0 Å². The van der Waals surface area contributed by atoms with E-state index in [1.165, 1.54) is 4.31 Å². The molecule has 0 bridgehead atoms. The molecule has 1 aromatic rings. The van der Waals surface area contributed by atoms with Gasteiger partial charge >= 0.3 is 0 Å². The predicted octanol–water partition coefficient (Wildman–Crippen LogP) is 2.16. The average Bonchev–Trinajstić information content (AvgIpc) is 3.22. The van der Waals surface area contributed by atoms with E-state index in [1.54, 1.807) is 29.2 Å². The minimum absolute atomic E-state index is 0.00965. The van der Waals surface area contributed by atoms with Crippen LogP contribution in [0.15, 0.2) is 29.2 Å². The molecule has 1 aromatic carbocycles. The third kappa shape index (κ3) is 5.03. The molecule has 2 aliphatic heterocycles. The summed E-state index contributed by atoms with van der Waals surface area (Å²) >= 11 is 0. The Morgan fingerprint density at radius 3 is 2.30 bits per heavy atom. The lowest BCUT2D eigenvalue weighted by Gasteiger charge is -2.34. The number of likely N-dealkylation sites (tertiary alicyclic amines) is 1. The van der Waals surface area contributed by atoms with E-state index < -0.39 is 16.1 Å². The first-order valence-corrected chi connectivity index (χ1v) is 12.3. The summed E-state index contributed by atoms with van der Waals surface area (Å²) in [6, 6.07) is 6.45. The molecule has 7 nitrogen and oxygen atoms in total. The molecule has 1 atom stereocenters. The molecular formula is C22H33N3O4S. The summed E-state index contributed by atoms with van der Waals surface area (Å²) in [5, 5.41) is 2.94. The van der Waals surface area contributed by atoms with E-state index in [9.17, 15) is 18.0 Å². The largest absolute Gasteiger partial charge is 0.354 e. The Balaban J connectivity index is 1.59. The lowest BCUT2D eigenvalue weighted by molar-refractivity contribution is -0.142. The van der Waals surface area contributed by atoms with Gasteiger partial charge in [-0.25, -0.2) is 8.42 Å². The van der Waals surface area contributed by atoms with Crippen LogP contribution >= 0.6 is 0 Å². The number of hydrogen-bond donors (Lipinski definition) is 1. The maximum atomic E-state index is 13.1. The van der Waals surface area contributed by atoms with Crippen molar-refractivity contribution in [1.82, 2.24) is 14.5 Å². The number of carbonyl (C=O) groups is 2. The second kappa shape index (κ2) is 9.47. The SMILES string of the molecule is Cc1ccc(S(=O)(=O)N2CCC(C(=O)N3CCC[C@H]3C(=O)NCC(C)C)CC2)cc1. The van der Waals surface area contributed by atoms with Crippen LogP contribution in [0.1, 0.15) is 45.1 Å². The highest BCUT2D eigenvalue weighted by atomic mass is 32.2. The van der Waals surface area contributed by atoms with E-state index in [0.29, 0.717) is 56.3 Å². The third-order valence-electron chi connectivity index (χ3n) is 5.98. The molecule has 30 heavy (non-hydrogen) atoms. The number of sulfonamides is 1. The van der Waals surface area contributed by atoms with Gasteiger partial charge in [0, 0.05) is 32.1 Å². The topological polar surface area (TPSA) is 86.8 Å². The highest BCUT2D eigenvalue weighted by Crippen LogP contribution is 2.28. The van der Waals surface area contributed by atoms with Gasteiger partial charge in [0.2, 0.25) is 21.8 Å². The van der Waals surface area contributed by atoms with Crippen molar-refractivity contribution in [1.29, 1.82) is 0 Å². The lowest BCUT2D eigenvalue weighted by Crippen LogP contribution is -2.50. The summed E-state index contributed by atoms with van der Waals surface area (Å²) in [5.41, 5.74) is 1.01. The van der Waals surface area contributed by atoms with Crippen LogP contribution in [0.4, 0.5) is 0 Å². The van der Waals surface area contributed by atoms with E-state index in [4.69, 9.17) is 0 Å². The van der Waals surface area contributed by atoms with Crippen LogP contribution < -0.4 is 5.32 Å². The second-order valence-electron chi connectivity index (χ2n) is 8.82. The molecule has 0 aromatic heterocycles. The Kier molecular flexibility index (Phi) is 7.18. The summed E-state index contributed by atoms with van der Waals surface area (Å²) in [5.74, 6) is 0.0470. The van der Waals surface area contributed by atoms with E-state index >= 15 is 0 Å². The van der Waals surface area contributed by atoms with E-state index in [2.05, 4.69) is 5.32 Å². The van der Waals surface area contributed by atoms with Crippen molar-refractivity contribution in [3.8, 4) is 0 Å². The van der Waals surface area contributed by atoms with Gasteiger partial charge in [0.1, 0.15) is 6.04 Å². The van der Waals surface area contributed by atoms with Gasteiger partial charge in [0.15, 0.2) is 0 Å². The van der Waals surface area contributed by atoms with Crippen LogP contribution in [-0.2, 0) is 19.6 Å². The lowest BCUT2D eigenvalue weighted by atomic mass is 9.96. The molecule has 166 valence electrons. The zero-order valence-corrected chi connectivity index (χ0v) is 19.0. The Hall–Kier alpha value is -1.93. The van der Waals surface area contributed by atoms with Gasteiger partial charge in [-0.1, -0.05) is 31.5 Å². The molecule has 0 radical (unpaired) electrons. The molecule has 0 saturated carbocycles. The Labute approximate surface area is 179 Å². The number of carbonyl (C=O) groups excluding carboxylic acids is 2.